The summed E-state index contributed by atoms with van der Waals surface area (Å²) in [5.74, 6) is 1.60. The van der Waals surface area contributed by atoms with E-state index in [-0.39, 0.29) is 0 Å². The number of benzene rings is 1. The van der Waals surface area contributed by atoms with Crippen LogP contribution in [0.1, 0.15) is 21.5 Å². The molecule has 0 atom stereocenters. The average Bonchev–Trinajstić information content (AvgIpc) is 2.46. The molecule has 1 N–H and O–H groups in total. The van der Waals surface area contributed by atoms with Crippen molar-refractivity contribution in [2.75, 3.05) is 12.4 Å². The first-order chi connectivity index (χ1) is 9.22. The molecule has 1 aromatic carbocycles. The van der Waals surface area contributed by atoms with E-state index < -0.39 is 0 Å². The van der Waals surface area contributed by atoms with Crippen LogP contribution in [0.15, 0.2) is 36.5 Å². The molecule has 98 valence electrons. The van der Waals surface area contributed by atoms with Gasteiger partial charge < -0.3 is 10.1 Å². The Morgan fingerprint density at radius 2 is 2.05 bits per heavy atom. The first-order valence-corrected chi connectivity index (χ1v) is 6.01. The lowest BCUT2D eigenvalue weighted by molar-refractivity contribution is 0.112. The number of aryl methyl sites for hydroxylation is 1. The molecule has 1 heterocycles. The number of methoxy groups -OCH3 is 1. The van der Waals surface area contributed by atoms with Crippen LogP contribution in [0, 0.1) is 6.92 Å². The van der Waals surface area contributed by atoms with Crippen molar-refractivity contribution in [3.63, 3.8) is 0 Å². The van der Waals surface area contributed by atoms with E-state index in [0.717, 1.165) is 29.0 Å². The SMILES string of the molecule is COc1ccc(CNc2cc(C)c(C=O)cn2)cc1. The monoisotopic (exact) mass is 256 g/mol. The largest absolute Gasteiger partial charge is 0.497 e. The van der Waals surface area contributed by atoms with Crippen molar-refractivity contribution >= 4 is 12.1 Å². The zero-order valence-corrected chi connectivity index (χ0v) is 11.0. The Balaban J connectivity index is 2.01. The molecule has 4 nitrogen and oxygen atoms in total. The second-order valence-electron chi connectivity index (χ2n) is 4.25. The number of carbonyl (C=O) groups excluding carboxylic acids is 1. The van der Waals surface area contributed by atoms with Gasteiger partial charge in [-0.1, -0.05) is 12.1 Å². The number of aromatic nitrogens is 1. The summed E-state index contributed by atoms with van der Waals surface area (Å²) in [6, 6.07) is 9.71. The standard InChI is InChI=1S/C15H16N2O2/c1-11-7-15(17-9-13(11)10-18)16-8-12-3-5-14(19-2)6-4-12/h3-7,9-10H,8H2,1-2H3,(H,16,17). The van der Waals surface area contributed by atoms with Gasteiger partial charge in [-0.15, -0.1) is 0 Å². The minimum atomic E-state index is 0.620. The molecule has 0 saturated carbocycles. The predicted molar refractivity (Wildman–Crippen MR) is 74.7 cm³/mol. The van der Waals surface area contributed by atoms with E-state index in [4.69, 9.17) is 4.74 Å². The molecule has 0 aliphatic heterocycles. The molecule has 2 aromatic rings. The van der Waals surface area contributed by atoms with Gasteiger partial charge in [-0.2, -0.15) is 0 Å². The van der Waals surface area contributed by atoms with Crippen LogP contribution in [0.5, 0.6) is 5.75 Å². The van der Waals surface area contributed by atoms with Gasteiger partial charge in [0.15, 0.2) is 6.29 Å². The maximum absolute atomic E-state index is 10.7. The highest BCUT2D eigenvalue weighted by molar-refractivity contribution is 5.77. The van der Waals surface area contributed by atoms with Crippen LogP contribution in [-0.2, 0) is 6.54 Å². The molecule has 0 bridgehead atoms. The lowest BCUT2D eigenvalue weighted by Gasteiger charge is -2.08. The summed E-state index contributed by atoms with van der Waals surface area (Å²) in [5, 5.41) is 3.22. The van der Waals surface area contributed by atoms with E-state index >= 15 is 0 Å². The van der Waals surface area contributed by atoms with E-state index in [0.29, 0.717) is 12.1 Å². The molecule has 0 amide bonds. The topological polar surface area (TPSA) is 51.2 Å². The Bertz CT molecular complexity index is 565. The molecule has 0 spiro atoms. The van der Waals surface area contributed by atoms with E-state index in [2.05, 4.69) is 10.3 Å². The number of hydrogen-bond donors (Lipinski definition) is 1. The summed E-state index contributed by atoms with van der Waals surface area (Å²) in [7, 11) is 1.65. The van der Waals surface area contributed by atoms with Crippen molar-refractivity contribution < 1.29 is 9.53 Å². The van der Waals surface area contributed by atoms with Gasteiger partial charge in [0.05, 0.1) is 7.11 Å². The van der Waals surface area contributed by atoms with Gasteiger partial charge in [-0.3, -0.25) is 4.79 Å². The minimum Gasteiger partial charge on any atom is -0.497 e. The van der Waals surface area contributed by atoms with Crippen LogP contribution in [0.4, 0.5) is 5.82 Å². The Kier molecular flexibility index (Phi) is 4.13. The zero-order valence-electron chi connectivity index (χ0n) is 11.0. The fraction of sp³-hybridized carbons (Fsp3) is 0.200. The smallest absolute Gasteiger partial charge is 0.151 e. The Hall–Kier alpha value is -2.36. The van der Waals surface area contributed by atoms with Gasteiger partial charge in [-0.25, -0.2) is 4.98 Å². The molecular formula is C15H16N2O2. The first-order valence-electron chi connectivity index (χ1n) is 6.01. The van der Waals surface area contributed by atoms with Crippen LogP contribution in [0.2, 0.25) is 0 Å². The summed E-state index contributed by atoms with van der Waals surface area (Å²) in [6.45, 7) is 2.57. The van der Waals surface area contributed by atoms with E-state index in [1.165, 1.54) is 0 Å². The highest BCUT2D eigenvalue weighted by Gasteiger charge is 2.00. The van der Waals surface area contributed by atoms with Crippen LogP contribution in [0.25, 0.3) is 0 Å². The molecule has 19 heavy (non-hydrogen) atoms. The van der Waals surface area contributed by atoms with Crippen molar-refractivity contribution in [1.82, 2.24) is 4.98 Å². The Morgan fingerprint density at radius 3 is 2.63 bits per heavy atom. The van der Waals surface area contributed by atoms with Crippen LogP contribution in [0.3, 0.4) is 0 Å². The lowest BCUT2D eigenvalue weighted by atomic mass is 10.2. The summed E-state index contributed by atoms with van der Waals surface area (Å²) >= 11 is 0. The van der Waals surface area contributed by atoms with Crippen LogP contribution >= 0.6 is 0 Å². The number of pyridine rings is 1. The summed E-state index contributed by atoms with van der Waals surface area (Å²) in [4.78, 5) is 14.9. The third kappa shape index (κ3) is 3.31. The van der Waals surface area contributed by atoms with Crippen molar-refractivity contribution in [3.8, 4) is 5.75 Å². The molecular weight excluding hydrogens is 240 g/mol. The number of carbonyl (C=O) groups is 1. The number of hydrogen-bond acceptors (Lipinski definition) is 4. The molecule has 0 saturated heterocycles. The predicted octanol–water partition coefficient (Wildman–Crippen LogP) is 2.82. The van der Waals surface area contributed by atoms with Crippen molar-refractivity contribution in [3.05, 3.63) is 53.2 Å². The minimum absolute atomic E-state index is 0.620. The third-order valence-electron chi connectivity index (χ3n) is 2.91. The van der Waals surface area contributed by atoms with Crippen LogP contribution < -0.4 is 10.1 Å². The van der Waals surface area contributed by atoms with Gasteiger partial charge >= 0.3 is 0 Å². The fourth-order valence-electron chi connectivity index (χ4n) is 1.72. The summed E-state index contributed by atoms with van der Waals surface area (Å²) in [6.07, 6.45) is 2.40. The molecule has 0 aliphatic carbocycles. The second-order valence-corrected chi connectivity index (χ2v) is 4.25. The maximum atomic E-state index is 10.7. The molecule has 0 unspecified atom stereocenters. The number of nitrogens with one attached hydrogen (secondary N) is 1. The van der Waals surface area contributed by atoms with Crippen molar-refractivity contribution in [1.29, 1.82) is 0 Å². The maximum Gasteiger partial charge on any atom is 0.151 e. The fourth-order valence-corrected chi connectivity index (χ4v) is 1.72. The van der Waals surface area contributed by atoms with Gasteiger partial charge in [-0.05, 0) is 36.2 Å². The highest BCUT2D eigenvalue weighted by atomic mass is 16.5. The van der Waals surface area contributed by atoms with Crippen LogP contribution in [-0.4, -0.2) is 18.4 Å². The highest BCUT2D eigenvalue weighted by Crippen LogP contribution is 2.14. The number of aldehydes is 1. The quantitative estimate of drug-likeness (QED) is 0.836. The zero-order chi connectivity index (χ0) is 13.7. The van der Waals surface area contributed by atoms with Gasteiger partial charge in [0.2, 0.25) is 0 Å². The normalized spacial score (nSPS) is 10.0. The van der Waals surface area contributed by atoms with E-state index in [1.807, 2.05) is 37.3 Å². The third-order valence-corrected chi connectivity index (χ3v) is 2.91. The van der Waals surface area contributed by atoms with Gasteiger partial charge in [0.25, 0.3) is 0 Å². The second kappa shape index (κ2) is 6.00. The molecule has 0 aliphatic rings. The molecule has 4 heteroatoms. The van der Waals surface area contributed by atoms with Gasteiger partial charge in [0.1, 0.15) is 11.6 Å². The molecule has 1 aromatic heterocycles. The number of nitrogens with zero attached hydrogens (tertiary/aromatic N) is 1. The number of ether oxygens (including phenoxy) is 1. The van der Waals surface area contributed by atoms with E-state index in [9.17, 15) is 4.79 Å². The summed E-state index contributed by atoms with van der Waals surface area (Å²) < 4.78 is 5.11. The Labute approximate surface area is 112 Å². The average molecular weight is 256 g/mol. The Morgan fingerprint density at radius 1 is 1.32 bits per heavy atom. The molecule has 0 radical (unpaired) electrons. The summed E-state index contributed by atoms with van der Waals surface area (Å²) in [5.41, 5.74) is 2.68. The first kappa shape index (κ1) is 13.1. The number of rotatable bonds is 5. The lowest BCUT2D eigenvalue weighted by Crippen LogP contribution is -2.02. The number of anilines is 1. The van der Waals surface area contributed by atoms with Crippen molar-refractivity contribution in [2.45, 2.75) is 13.5 Å². The van der Waals surface area contributed by atoms with E-state index in [1.54, 1.807) is 13.3 Å². The molecule has 2 rings (SSSR count). The van der Waals surface area contributed by atoms with Gasteiger partial charge in [0, 0.05) is 18.3 Å². The van der Waals surface area contributed by atoms with Crippen molar-refractivity contribution in [2.24, 2.45) is 0 Å². The molecule has 0 fully saturated rings.